The predicted octanol–water partition coefficient (Wildman–Crippen LogP) is 1.59. The summed E-state index contributed by atoms with van der Waals surface area (Å²) in [4.78, 5) is 27.5. The zero-order chi connectivity index (χ0) is 24.3. The summed E-state index contributed by atoms with van der Waals surface area (Å²) in [7, 11) is -2.32. The smallest absolute Gasteiger partial charge is 0.269 e. The molecule has 2 saturated heterocycles. The van der Waals surface area contributed by atoms with E-state index in [1.54, 1.807) is 17.0 Å². The van der Waals surface area contributed by atoms with E-state index >= 15 is 0 Å². The first-order valence-corrected chi connectivity index (χ1v) is 12.3. The Balaban J connectivity index is 1.49. The number of nitro groups is 1. The Hall–Kier alpha value is -3.22. The van der Waals surface area contributed by atoms with E-state index in [1.807, 2.05) is 4.90 Å². The molecule has 0 bridgehead atoms. The molecular formula is C22H26N4O7S. The lowest BCUT2D eigenvalue weighted by atomic mass is 10.1. The highest BCUT2D eigenvalue weighted by molar-refractivity contribution is 7.89. The van der Waals surface area contributed by atoms with E-state index < -0.39 is 14.9 Å². The van der Waals surface area contributed by atoms with Crippen molar-refractivity contribution in [3.63, 3.8) is 0 Å². The van der Waals surface area contributed by atoms with Gasteiger partial charge in [-0.05, 0) is 30.3 Å². The summed E-state index contributed by atoms with van der Waals surface area (Å²) >= 11 is 0. The fraction of sp³-hybridized carbons (Fsp3) is 0.409. The van der Waals surface area contributed by atoms with E-state index in [2.05, 4.69) is 0 Å². The van der Waals surface area contributed by atoms with Crippen LogP contribution < -0.4 is 9.64 Å². The Morgan fingerprint density at radius 1 is 1.00 bits per heavy atom. The summed E-state index contributed by atoms with van der Waals surface area (Å²) in [5.41, 5.74) is 1.06. The Morgan fingerprint density at radius 2 is 1.65 bits per heavy atom. The number of amides is 1. The number of benzene rings is 2. The molecule has 2 aliphatic heterocycles. The molecule has 0 radical (unpaired) electrons. The lowest BCUT2D eigenvalue weighted by Gasteiger charge is -2.36. The summed E-state index contributed by atoms with van der Waals surface area (Å²) < 4.78 is 38.1. The van der Waals surface area contributed by atoms with Crippen LogP contribution in [0.3, 0.4) is 0 Å². The van der Waals surface area contributed by atoms with Gasteiger partial charge in [-0.2, -0.15) is 4.31 Å². The molecule has 2 heterocycles. The maximum Gasteiger partial charge on any atom is 0.269 e. The van der Waals surface area contributed by atoms with Gasteiger partial charge in [-0.15, -0.1) is 0 Å². The minimum Gasteiger partial charge on any atom is -0.496 e. The number of hydrogen-bond donors (Lipinski definition) is 0. The first-order valence-electron chi connectivity index (χ1n) is 10.9. The summed E-state index contributed by atoms with van der Waals surface area (Å²) in [5, 5.41) is 10.9. The molecule has 0 aliphatic carbocycles. The normalized spacial score (nSPS) is 17.4. The zero-order valence-electron chi connectivity index (χ0n) is 18.8. The quantitative estimate of drug-likeness (QED) is 0.442. The number of hydrogen-bond acceptors (Lipinski definition) is 8. The molecule has 11 nitrogen and oxygen atoms in total. The molecule has 0 saturated carbocycles. The molecule has 2 fully saturated rings. The molecule has 0 spiro atoms. The molecule has 0 atom stereocenters. The fourth-order valence-corrected chi connectivity index (χ4v) is 5.51. The molecule has 0 aromatic heterocycles. The van der Waals surface area contributed by atoms with Crippen molar-refractivity contribution >= 4 is 27.3 Å². The number of non-ortho nitro benzene ring substituents is 1. The van der Waals surface area contributed by atoms with Gasteiger partial charge in [0, 0.05) is 57.1 Å². The van der Waals surface area contributed by atoms with Crippen LogP contribution in [0.5, 0.6) is 5.75 Å². The first kappa shape index (κ1) is 23.9. The number of anilines is 1. The average molecular weight is 491 g/mol. The third-order valence-electron chi connectivity index (χ3n) is 6.00. The highest BCUT2D eigenvalue weighted by atomic mass is 32.2. The second kappa shape index (κ2) is 9.95. The van der Waals surface area contributed by atoms with Gasteiger partial charge in [-0.1, -0.05) is 0 Å². The van der Waals surface area contributed by atoms with Gasteiger partial charge in [0.15, 0.2) is 0 Å². The number of nitrogens with zero attached hydrogens (tertiary/aromatic N) is 4. The minimum absolute atomic E-state index is 0.0246. The molecule has 4 rings (SSSR count). The predicted molar refractivity (Wildman–Crippen MR) is 124 cm³/mol. The molecule has 2 aromatic rings. The average Bonchev–Trinajstić information content (AvgIpc) is 2.88. The number of ether oxygens (including phenoxy) is 2. The van der Waals surface area contributed by atoms with Crippen molar-refractivity contribution in [2.75, 3.05) is 64.5 Å². The molecule has 0 N–H and O–H groups in total. The Kier molecular flexibility index (Phi) is 7.00. The topological polar surface area (TPSA) is 123 Å². The lowest BCUT2D eigenvalue weighted by molar-refractivity contribution is -0.384. The standard InChI is InChI=1S/C22H26N4O7S/c1-32-21-7-6-19(34(30,31)25-12-14-33-15-13-25)16-20(21)22(27)24-10-8-23(9-11-24)17-2-4-18(5-3-17)26(28)29/h2-7,16H,8-15H2,1H3. The molecule has 1 amide bonds. The summed E-state index contributed by atoms with van der Waals surface area (Å²) in [6.07, 6.45) is 0. The number of carbonyl (C=O) groups is 1. The van der Waals surface area contributed by atoms with Gasteiger partial charge in [0.1, 0.15) is 5.75 Å². The van der Waals surface area contributed by atoms with E-state index in [1.165, 1.54) is 41.7 Å². The molecule has 2 aliphatic rings. The van der Waals surface area contributed by atoms with Gasteiger partial charge in [0.05, 0.1) is 35.7 Å². The van der Waals surface area contributed by atoms with E-state index in [4.69, 9.17) is 9.47 Å². The maximum atomic E-state index is 13.3. The number of rotatable bonds is 6. The van der Waals surface area contributed by atoms with Crippen LogP contribution in [0, 0.1) is 10.1 Å². The van der Waals surface area contributed by atoms with Crippen LogP contribution in [-0.4, -0.2) is 88.0 Å². The van der Waals surface area contributed by atoms with Crippen LogP contribution in [-0.2, 0) is 14.8 Å². The number of piperazine rings is 1. The highest BCUT2D eigenvalue weighted by Crippen LogP contribution is 2.27. The molecule has 34 heavy (non-hydrogen) atoms. The number of carbonyl (C=O) groups excluding carboxylic acids is 1. The number of methoxy groups -OCH3 is 1. The van der Waals surface area contributed by atoms with Gasteiger partial charge in [-0.25, -0.2) is 8.42 Å². The van der Waals surface area contributed by atoms with Crippen LogP contribution in [0.4, 0.5) is 11.4 Å². The Labute approximate surface area is 197 Å². The summed E-state index contributed by atoms with van der Waals surface area (Å²) in [6, 6.07) is 10.6. The molecule has 12 heteroatoms. The SMILES string of the molecule is COc1ccc(S(=O)(=O)N2CCOCC2)cc1C(=O)N1CCN(c2ccc([N+](=O)[O-])cc2)CC1. The van der Waals surface area contributed by atoms with E-state index in [0.717, 1.165) is 5.69 Å². The number of morpholine rings is 1. The van der Waals surface area contributed by atoms with E-state index in [9.17, 15) is 23.3 Å². The van der Waals surface area contributed by atoms with Crippen molar-refractivity contribution < 1.29 is 27.6 Å². The number of sulfonamides is 1. The van der Waals surface area contributed by atoms with Gasteiger partial charge >= 0.3 is 0 Å². The van der Waals surface area contributed by atoms with Crippen molar-refractivity contribution in [1.82, 2.24) is 9.21 Å². The van der Waals surface area contributed by atoms with Crippen molar-refractivity contribution in [3.8, 4) is 5.75 Å². The van der Waals surface area contributed by atoms with Crippen molar-refractivity contribution in [2.45, 2.75) is 4.90 Å². The van der Waals surface area contributed by atoms with Crippen LogP contribution in [0.2, 0.25) is 0 Å². The third-order valence-corrected chi connectivity index (χ3v) is 7.90. The summed E-state index contributed by atoms with van der Waals surface area (Å²) in [6.45, 7) is 3.11. The summed E-state index contributed by atoms with van der Waals surface area (Å²) in [5.74, 6) is 0.00273. The van der Waals surface area contributed by atoms with Gasteiger partial charge in [0.2, 0.25) is 10.0 Å². The Morgan fingerprint density at radius 3 is 2.24 bits per heavy atom. The van der Waals surface area contributed by atoms with Crippen LogP contribution in [0.25, 0.3) is 0 Å². The fourth-order valence-electron chi connectivity index (χ4n) is 4.07. The van der Waals surface area contributed by atoms with Crippen LogP contribution >= 0.6 is 0 Å². The first-order chi connectivity index (χ1) is 16.3. The van der Waals surface area contributed by atoms with Crippen molar-refractivity contribution in [1.29, 1.82) is 0 Å². The van der Waals surface area contributed by atoms with Crippen molar-refractivity contribution in [2.24, 2.45) is 0 Å². The second-order valence-electron chi connectivity index (χ2n) is 7.93. The number of nitro benzene ring substituents is 1. The van der Waals surface area contributed by atoms with Crippen molar-refractivity contribution in [3.05, 3.63) is 58.1 Å². The molecule has 182 valence electrons. The largest absolute Gasteiger partial charge is 0.496 e. The van der Waals surface area contributed by atoms with E-state index in [-0.39, 0.29) is 35.1 Å². The maximum absolute atomic E-state index is 13.3. The van der Waals surface area contributed by atoms with E-state index in [0.29, 0.717) is 45.1 Å². The minimum atomic E-state index is -3.76. The zero-order valence-corrected chi connectivity index (χ0v) is 19.6. The van der Waals surface area contributed by atoms with Crippen LogP contribution in [0.1, 0.15) is 10.4 Å². The van der Waals surface area contributed by atoms with Gasteiger partial charge in [0.25, 0.3) is 11.6 Å². The van der Waals surface area contributed by atoms with Crippen LogP contribution in [0.15, 0.2) is 47.4 Å². The monoisotopic (exact) mass is 490 g/mol. The second-order valence-corrected chi connectivity index (χ2v) is 9.87. The third kappa shape index (κ3) is 4.83. The van der Waals surface area contributed by atoms with Gasteiger partial charge < -0.3 is 19.3 Å². The lowest BCUT2D eigenvalue weighted by Crippen LogP contribution is -2.48. The Bertz CT molecular complexity index is 1160. The molecule has 2 aromatic carbocycles. The van der Waals surface area contributed by atoms with Gasteiger partial charge in [-0.3, -0.25) is 14.9 Å². The molecular weight excluding hydrogens is 464 g/mol. The molecule has 0 unspecified atom stereocenters. The highest BCUT2D eigenvalue weighted by Gasteiger charge is 2.30.